The molecule has 0 aliphatic heterocycles. The van der Waals surface area contributed by atoms with Crippen molar-refractivity contribution in [1.82, 2.24) is 5.32 Å². The van der Waals surface area contributed by atoms with Gasteiger partial charge in [-0.1, -0.05) is 24.3 Å². The topological polar surface area (TPSA) is 76.7 Å². The van der Waals surface area contributed by atoms with Gasteiger partial charge in [-0.2, -0.15) is 0 Å². The fourth-order valence-corrected chi connectivity index (χ4v) is 3.03. The van der Waals surface area contributed by atoms with Crippen LogP contribution in [0.1, 0.15) is 12.0 Å². The first kappa shape index (κ1) is 18.8. The molecule has 6 nitrogen and oxygen atoms in total. The summed E-state index contributed by atoms with van der Waals surface area (Å²) in [6, 6.07) is 15.0. The number of para-hydroxylation sites is 1. The van der Waals surface area contributed by atoms with Gasteiger partial charge in [0, 0.05) is 12.2 Å². The van der Waals surface area contributed by atoms with Gasteiger partial charge in [-0.15, -0.1) is 0 Å². The van der Waals surface area contributed by atoms with Crippen LogP contribution in [-0.2, 0) is 16.0 Å². The molecule has 0 radical (unpaired) electrons. The number of carbonyl (C=O) groups is 2. The molecule has 2 N–H and O–H groups in total. The highest BCUT2D eigenvalue weighted by Gasteiger charge is 2.47. The van der Waals surface area contributed by atoms with Crippen LogP contribution in [-0.4, -0.2) is 32.6 Å². The van der Waals surface area contributed by atoms with Crippen LogP contribution in [0.2, 0.25) is 0 Å². The van der Waals surface area contributed by atoms with Gasteiger partial charge in [0.05, 0.1) is 26.1 Å². The highest BCUT2D eigenvalue weighted by molar-refractivity contribution is 5.99. The van der Waals surface area contributed by atoms with Crippen molar-refractivity contribution >= 4 is 17.5 Å². The molecule has 142 valence electrons. The monoisotopic (exact) mass is 368 g/mol. The number of anilines is 1. The van der Waals surface area contributed by atoms with E-state index in [0.717, 1.165) is 11.3 Å². The average Bonchev–Trinajstić information content (AvgIpc) is 3.49. The molecule has 2 unspecified atom stereocenters. The molecule has 27 heavy (non-hydrogen) atoms. The molecule has 1 aliphatic carbocycles. The minimum absolute atomic E-state index is 0.0660. The van der Waals surface area contributed by atoms with Gasteiger partial charge in [0.25, 0.3) is 0 Å². The predicted octanol–water partition coefficient (Wildman–Crippen LogP) is 2.64. The van der Waals surface area contributed by atoms with Crippen LogP contribution in [0.15, 0.2) is 48.5 Å². The van der Waals surface area contributed by atoms with E-state index in [1.54, 1.807) is 14.2 Å². The molecule has 0 bridgehead atoms. The molecule has 2 aromatic rings. The highest BCUT2D eigenvalue weighted by atomic mass is 16.5. The lowest BCUT2D eigenvalue weighted by Gasteiger charge is -2.10. The predicted molar refractivity (Wildman–Crippen MR) is 103 cm³/mol. The van der Waals surface area contributed by atoms with Gasteiger partial charge in [-0.3, -0.25) is 9.59 Å². The first-order chi connectivity index (χ1) is 13.1. The molecule has 3 rings (SSSR count). The smallest absolute Gasteiger partial charge is 0.228 e. The van der Waals surface area contributed by atoms with Crippen molar-refractivity contribution in [3.63, 3.8) is 0 Å². The third-order valence-electron chi connectivity index (χ3n) is 4.67. The Morgan fingerprint density at radius 2 is 1.67 bits per heavy atom. The Kier molecular flexibility index (Phi) is 5.96. The summed E-state index contributed by atoms with van der Waals surface area (Å²) in [5, 5.41) is 5.77. The molecular formula is C21H24N2O4. The highest BCUT2D eigenvalue weighted by Crippen LogP contribution is 2.39. The quantitative estimate of drug-likeness (QED) is 0.751. The maximum absolute atomic E-state index is 12.3. The molecule has 1 saturated carbocycles. The van der Waals surface area contributed by atoms with Crippen molar-refractivity contribution in [2.24, 2.45) is 11.8 Å². The second-order valence-electron chi connectivity index (χ2n) is 6.53. The summed E-state index contributed by atoms with van der Waals surface area (Å²) in [6.45, 7) is 0.512. The standard InChI is InChI=1S/C21H24N2O4/c1-26-18-9-8-14(12-19(18)27-2)10-11-22-20(24)16-13-17(16)21(25)23-15-6-4-3-5-7-15/h3-9,12,16-17H,10-11,13H2,1-2H3,(H,22,24)(H,23,25). The van der Waals surface area contributed by atoms with Crippen molar-refractivity contribution in [3.05, 3.63) is 54.1 Å². The van der Waals surface area contributed by atoms with Gasteiger partial charge in [0.1, 0.15) is 0 Å². The van der Waals surface area contributed by atoms with E-state index < -0.39 is 0 Å². The van der Waals surface area contributed by atoms with Crippen LogP contribution in [0.5, 0.6) is 11.5 Å². The Balaban J connectivity index is 1.43. The van der Waals surface area contributed by atoms with Crippen LogP contribution < -0.4 is 20.1 Å². The second kappa shape index (κ2) is 8.58. The fraction of sp³-hybridized carbons (Fsp3) is 0.333. The summed E-state index contributed by atoms with van der Waals surface area (Å²) < 4.78 is 10.5. The van der Waals surface area contributed by atoms with Gasteiger partial charge in [-0.25, -0.2) is 0 Å². The Morgan fingerprint density at radius 1 is 0.963 bits per heavy atom. The van der Waals surface area contributed by atoms with Crippen molar-refractivity contribution in [2.45, 2.75) is 12.8 Å². The normalized spacial score (nSPS) is 17.7. The van der Waals surface area contributed by atoms with Gasteiger partial charge >= 0.3 is 0 Å². The van der Waals surface area contributed by atoms with Crippen LogP contribution >= 0.6 is 0 Å². The minimum Gasteiger partial charge on any atom is -0.493 e. The summed E-state index contributed by atoms with van der Waals surface area (Å²) in [5.41, 5.74) is 1.80. The third kappa shape index (κ3) is 4.78. The number of ether oxygens (including phenoxy) is 2. The van der Waals surface area contributed by atoms with E-state index in [9.17, 15) is 9.59 Å². The summed E-state index contributed by atoms with van der Waals surface area (Å²) in [4.78, 5) is 24.4. The Morgan fingerprint density at radius 3 is 2.37 bits per heavy atom. The Bertz CT molecular complexity index is 807. The molecule has 2 atom stereocenters. The molecule has 0 aromatic heterocycles. The zero-order valence-corrected chi connectivity index (χ0v) is 15.5. The van der Waals surface area contributed by atoms with E-state index in [1.165, 1.54) is 0 Å². The number of hydrogen-bond acceptors (Lipinski definition) is 4. The zero-order valence-electron chi connectivity index (χ0n) is 15.5. The maximum Gasteiger partial charge on any atom is 0.228 e. The van der Waals surface area contributed by atoms with Gasteiger partial charge in [0.2, 0.25) is 11.8 Å². The number of methoxy groups -OCH3 is 2. The second-order valence-corrected chi connectivity index (χ2v) is 6.53. The molecule has 0 spiro atoms. The number of benzene rings is 2. The van der Waals surface area contributed by atoms with E-state index in [2.05, 4.69) is 10.6 Å². The molecule has 1 fully saturated rings. The molecule has 0 heterocycles. The average molecular weight is 368 g/mol. The third-order valence-corrected chi connectivity index (χ3v) is 4.67. The SMILES string of the molecule is COc1ccc(CCNC(=O)C2CC2C(=O)Nc2ccccc2)cc1OC. The molecule has 0 saturated heterocycles. The Labute approximate surface area is 158 Å². The fourth-order valence-electron chi connectivity index (χ4n) is 3.03. The van der Waals surface area contributed by atoms with Crippen molar-refractivity contribution < 1.29 is 19.1 Å². The van der Waals surface area contributed by atoms with E-state index in [-0.39, 0.29) is 23.7 Å². The summed E-state index contributed by atoms with van der Waals surface area (Å²) in [6.07, 6.45) is 1.28. The van der Waals surface area contributed by atoms with Crippen molar-refractivity contribution in [2.75, 3.05) is 26.1 Å². The molecular weight excluding hydrogens is 344 g/mol. The molecule has 6 heteroatoms. The number of nitrogens with one attached hydrogen (secondary N) is 2. The largest absolute Gasteiger partial charge is 0.493 e. The number of amides is 2. The number of rotatable bonds is 8. The van der Waals surface area contributed by atoms with Crippen molar-refractivity contribution in [3.8, 4) is 11.5 Å². The van der Waals surface area contributed by atoms with Gasteiger partial charge < -0.3 is 20.1 Å². The first-order valence-electron chi connectivity index (χ1n) is 8.97. The van der Waals surface area contributed by atoms with Gasteiger partial charge in [0.15, 0.2) is 11.5 Å². The lowest BCUT2D eigenvalue weighted by molar-refractivity contribution is -0.125. The lowest BCUT2D eigenvalue weighted by atomic mass is 10.1. The van der Waals surface area contributed by atoms with Crippen molar-refractivity contribution in [1.29, 1.82) is 0 Å². The number of hydrogen-bond donors (Lipinski definition) is 2. The van der Waals surface area contributed by atoms with Crippen LogP contribution in [0.25, 0.3) is 0 Å². The molecule has 2 amide bonds. The lowest BCUT2D eigenvalue weighted by Crippen LogP contribution is -2.29. The van der Waals surface area contributed by atoms with E-state index in [0.29, 0.717) is 30.9 Å². The van der Waals surface area contributed by atoms with Crippen LogP contribution in [0.3, 0.4) is 0 Å². The van der Waals surface area contributed by atoms with Crippen LogP contribution in [0, 0.1) is 11.8 Å². The summed E-state index contributed by atoms with van der Waals surface area (Å²) in [7, 11) is 3.19. The number of carbonyl (C=O) groups excluding carboxylic acids is 2. The van der Waals surface area contributed by atoms with E-state index in [1.807, 2.05) is 48.5 Å². The van der Waals surface area contributed by atoms with Gasteiger partial charge in [-0.05, 0) is 42.7 Å². The first-order valence-corrected chi connectivity index (χ1v) is 8.97. The molecule has 1 aliphatic rings. The zero-order chi connectivity index (χ0) is 19.2. The van der Waals surface area contributed by atoms with E-state index in [4.69, 9.17) is 9.47 Å². The minimum atomic E-state index is -0.244. The van der Waals surface area contributed by atoms with Crippen LogP contribution in [0.4, 0.5) is 5.69 Å². The van der Waals surface area contributed by atoms with E-state index >= 15 is 0 Å². The molecule has 2 aromatic carbocycles. The maximum atomic E-state index is 12.3. The summed E-state index contributed by atoms with van der Waals surface area (Å²) in [5.74, 6) is 0.701. The Hall–Kier alpha value is -3.02. The summed E-state index contributed by atoms with van der Waals surface area (Å²) >= 11 is 0.